The van der Waals surface area contributed by atoms with Crippen LogP contribution in [0.25, 0.3) is 0 Å². The third-order valence-electron chi connectivity index (χ3n) is 2.56. The van der Waals surface area contributed by atoms with Gasteiger partial charge in [-0.05, 0) is 12.1 Å². The van der Waals surface area contributed by atoms with Gasteiger partial charge in [0.2, 0.25) is 0 Å². The summed E-state index contributed by atoms with van der Waals surface area (Å²) in [4.78, 5) is 11.6. The van der Waals surface area contributed by atoms with Crippen LogP contribution in [0.1, 0.15) is 0 Å². The van der Waals surface area contributed by atoms with Crippen LogP contribution in [0, 0.1) is 0 Å². The lowest BCUT2D eigenvalue weighted by Crippen LogP contribution is -2.50. The SMILES string of the molecule is O=C(Nc1ccccc1)[C@H](O)[C@H](O)[C@@H](O)[C@@H](O)CO. The van der Waals surface area contributed by atoms with E-state index in [9.17, 15) is 20.1 Å². The molecule has 0 saturated carbocycles. The average Bonchev–Trinajstić information content (AvgIpc) is 2.44. The second-order valence-electron chi connectivity index (χ2n) is 4.03. The molecule has 1 aromatic carbocycles. The second-order valence-corrected chi connectivity index (χ2v) is 4.03. The highest BCUT2D eigenvalue weighted by Crippen LogP contribution is 2.09. The molecule has 6 N–H and O–H groups in total. The molecule has 0 bridgehead atoms. The van der Waals surface area contributed by atoms with Gasteiger partial charge in [-0.2, -0.15) is 0 Å². The number of aliphatic hydroxyl groups is 5. The molecule has 7 heteroatoms. The fourth-order valence-corrected chi connectivity index (χ4v) is 1.42. The molecule has 0 heterocycles. The highest BCUT2D eigenvalue weighted by molar-refractivity contribution is 5.94. The van der Waals surface area contributed by atoms with Crippen LogP contribution in [0.2, 0.25) is 0 Å². The van der Waals surface area contributed by atoms with E-state index in [2.05, 4.69) is 5.32 Å². The Balaban J connectivity index is 2.61. The molecule has 0 unspecified atom stereocenters. The quantitative estimate of drug-likeness (QED) is 0.357. The van der Waals surface area contributed by atoms with Crippen LogP contribution in [0.5, 0.6) is 0 Å². The minimum atomic E-state index is -1.93. The molecule has 0 spiro atoms. The van der Waals surface area contributed by atoms with Crippen molar-refractivity contribution in [3.63, 3.8) is 0 Å². The number of carbonyl (C=O) groups excluding carboxylic acids is 1. The van der Waals surface area contributed by atoms with Crippen LogP contribution in [0.3, 0.4) is 0 Å². The summed E-state index contributed by atoms with van der Waals surface area (Å²) in [6.07, 6.45) is -7.32. The summed E-state index contributed by atoms with van der Waals surface area (Å²) in [5.41, 5.74) is 0.413. The number of aliphatic hydroxyl groups excluding tert-OH is 5. The van der Waals surface area contributed by atoms with Crippen LogP contribution in [-0.4, -0.2) is 62.5 Å². The summed E-state index contributed by atoms with van der Waals surface area (Å²) in [5.74, 6) is -0.928. The monoisotopic (exact) mass is 271 g/mol. The van der Waals surface area contributed by atoms with E-state index < -0.39 is 36.9 Å². The van der Waals surface area contributed by atoms with Crippen molar-refractivity contribution in [1.29, 1.82) is 0 Å². The summed E-state index contributed by atoms with van der Waals surface area (Å²) < 4.78 is 0. The van der Waals surface area contributed by atoms with E-state index in [1.54, 1.807) is 30.3 Å². The van der Waals surface area contributed by atoms with Crippen molar-refractivity contribution >= 4 is 11.6 Å². The average molecular weight is 271 g/mol. The third kappa shape index (κ3) is 4.27. The molecule has 106 valence electrons. The van der Waals surface area contributed by atoms with Gasteiger partial charge in [0.15, 0.2) is 6.10 Å². The van der Waals surface area contributed by atoms with Gasteiger partial charge in [-0.1, -0.05) is 18.2 Å². The number of carbonyl (C=O) groups is 1. The van der Waals surface area contributed by atoms with Gasteiger partial charge >= 0.3 is 0 Å². The molecule has 1 amide bonds. The fourth-order valence-electron chi connectivity index (χ4n) is 1.42. The Morgan fingerprint density at radius 2 is 1.63 bits per heavy atom. The number of hydrogen-bond acceptors (Lipinski definition) is 6. The number of rotatable bonds is 6. The molecular weight excluding hydrogens is 254 g/mol. The van der Waals surface area contributed by atoms with Crippen molar-refractivity contribution in [2.75, 3.05) is 11.9 Å². The lowest BCUT2D eigenvalue weighted by Gasteiger charge is -2.24. The summed E-state index contributed by atoms with van der Waals surface area (Å²) in [6, 6.07) is 8.24. The first-order chi connectivity index (χ1) is 8.97. The van der Waals surface area contributed by atoms with Gasteiger partial charge in [-0.25, -0.2) is 0 Å². The zero-order valence-corrected chi connectivity index (χ0v) is 10.0. The molecule has 0 aliphatic carbocycles. The molecule has 1 aromatic rings. The molecular formula is C12H17NO6. The molecule has 0 saturated heterocycles. The Morgan fingerprint density at radius 1 is 1.05 bits per heavy atom. The molecule has 0 aromatic heterocycles. The standard InChI is InChI=1S/C12H17NO6/c14-6-8(15)9(16)10(17)11(18)12(19)13-7-4-2-1-3-5-7/h1-5,8-11,14-18H,6H2,(H,13,19)/t8-,9-,10+,11+/m0/s1. The van der Waals surface area contributed by atoms with Crippen molar-refractivity contribution in [3.8, 4) is 0 Å². The molecule has 0 fully saturated rings. The fraction of sp³-hybridized carbons (Fsp3) is 0.417. The second kappa shape index (κ2) is 7.17. The maximum Gasteiger partial charge on any atom is 0.256 e. The summed E-state index contributed by atoms with van der Waals surface area (Å²) in [6.45, 7) is -0.800. The Hall–Kier alpha value is -1.51. The van der Waals surface area contributed by atoms with Crippen LogP contribution >= 0.6 is 0 Å². The van der Waals surface area contributed by atoms with E-state index in [-0.39, 0.29) is 0 Å². The van der Waals surface area contributed by atoms with E-state index in [0.29, 0.717) is 5.69 Å². The summed E-state index contributed by atoms with van der Waals surface area (Å²) in [7, 11) is 0. The van der Waals surface area contributed by atoms with Gasteiger partial charge < -0.3 is 30.8 Å². The van der Waals surface area contributed by atoms with E-state index in [1.807, 2.05) is 0 Å². The zero-order chi connectivity index (χ0) is 14.4. The largest absolute Gasteiger partial charge is 0.394 e. The Morgan fingerprint density at radius 3 is 2.16 bits per heavy atom. The third-order valence-corrected chi connectivity index (χ3v) is 2.56. The minimum absolute atomic E-state index is 0.413. The molecule has 1 rings (SSSR count). The number of benzene rings is 1. The van der Waals surface area contributed by atoms with Crippen molar-refractivity contribution in [1.82, 2.24) is 0 Å². The highest BCUT2D eigenvalue weighted by Gasteiger charge is 2.34. The van der Waals surface area contributed by atoms with E-state index in [0.717, 1.165) is 0 Å². The molecule has 0 aliphatic heterocycles. The lowest BCUT2D eigenvalue weighted by atomic mass is 10.0. The predicted molar refractivity (Wildman–Crippen MR) is 66.2 cm³/mol. The van der Waals surface area contributed by atoms with Crippen molar-refractivity contribution in [2.24, 2.45) is 0 Å². The number of hydrogen-bond donors (Lipinski definition) is 6. The number of amides is 1. The van der Waals surface area contributed by atoms with E-state index in [1.165, 1.54) is 0 Å². The zero-order valence-electron chi connectivity index (χ0n) is 10.0. The maximum absolute atomic E-state index is 11.6. The van der Waals surface area contributed by atoms with Gasteiger partial charge in [0.05, 0.1) is 6.61 Å². The van der Waals surface area contributed by atoms with E-state index in [4.69, 9.17) is 10.2 Å². The molecule has 4 atom stereocenters. The van der Waals surface area contributed by atoms with E-state index >= 15 is 0 Å². The van der Waals surface area contributed by atoms with Crippen molar-refractivity contribution < 1.29 is 30.3 Å². The summed E-state index contributed by atoms with van der Waals surface area (Å²) >= 11 is 0. The van der Waals surface area contributed by atoms with Crippen molar-refractivity contribution in [3.05, 3.63) is 30.3 Å². The van der Waals surface area contributed by atoms with Crippen LogP contribution < -0.4 is 5.32 Å². The van der Waals surface area contributed by atoms with Gasteiger partial charge in [0.1, 0.15) is 18.3 Å². The van der Waals surface area contributed by atoms with Crippen LogP contribution in [0.15, 0.2) is 30.3 Å². The first kappa shape index (κ1) is 15.5. The lowest BCUT2D eigenvalue weighted by molar-refractivity contribution is -0.144. The number of anilines is 1. The Bertz CT molecular complexity index is 398. The first-order valence-electron chi connectivity index (χ1n) is 5.66. The highest BCUT2D eigenvalue weighted by atomic mass is 16.4. The maximum atomic E-state index is 11.6. The van der Waals surface area contributed by atoms with Gasteiger partial charge in [0.25, 0.3) is 5.91 Å². The van der Waals surface area contributed by atoms with Crippen LogP contribution in [-0.2, 0) is 4.79 Å². The summed E-state index contributed by atoms with van der Waals surface area (Å²) in [5, 5.41) is 48.5. The Kier molecular flexibility index (Phi) is 5.87. The van der Waals surface area contributed by atoms with Gasteiger partial charge in [-0.15, -0.1) is 0 Å². The predicted octanol–water partition coefficient (Wildman–Crippen LogP) is -1.94. The molecule has 0 radical (unpaired) electrons. The molecule has 7 nitrogen and oxygen atoms in total. The number of nitrogens with one attached hydrogen (secondary N) is 1. The topological polar surface area (TPSA) is 130 Å². The number of para-hydroxylation sites is 1. The van der Waals surface area contributed by atoms with Gasteiger partial charge in [-0.3, -0.25) is 4.79 Å². The first-order valence-corrected chi connectivity index (χ1v) is 5.66. The Labute approximate surface area is 109 Å². The smallest absolute Gasteiger partial charge is 0.256 e. The minimum Gasteiger partial charge on any atom is -0.394 e. The van der Waals surface area contributed by atoms with Crippen molar-refractivity contribution in [2.45, 2.75) is 24.4 Å². The van der Waals surface area contributed by atoms with Crippen LogP contribution in [0.4, 0.5) is 5.69 Å². The normalized spacial score (nSPS) is 17.3. The molecule has 0 aliphatic rings. The van der Waals surface area contributed by atoms with Gasteiger partial charge in [0, 0.05) is 5.69 Å². The molecule has 19 heavy (non-hydrogen) atoms.